The molecule has 144 valence electrons. The van der Waals surface area contributed by atoms with Crippen molar-refractivity contribution in [3.05, 3.63) is 59.3 Å². The van der Waals surface area contributed by atoms with Crippen molar-refractivity contribution in [1.29, 1.82) is 0 Å². The smallest absolute Gasteiger partial charge is 0.161 e. The molecule has 28 heavy (non-hydrogen) atoms. The van der Waals surface area contributed by atoms with Gasteiger partial charge in [0, 0.05) is 5.56 Å². The zero-order valence-electron chi connectivity index (χ0n) is 16.1. The lowest BCUT2D eigenvalue weighted by molar-refractivity contribution is 0.373. The van der Waals surface area contributed by atoms with Crippen molar-refractivity contribution < 1.29 is 14.6 Å². The number of thioether (sulfide) groups is 1. The number of aromatic hydroxyl groups is 1. The first-order chi connectivity index (χ1) is 13.5. The number of ether oxygens (including phenoxy) is 2. The van der Waals surface area contributed by atoms with Gasteiger partial charge in [0.2, 0.25) is 0 Å². The maximum Gasteiger partial charge on any atom is 0.161 e. The summed E-state index contributed by atoms with van der Waals surface area (Å²) in [6, 6.07) is 13.3. The van der Waals surface area contributed by atoms with Crippen LogP contribution in [-0.4, -0.2) is 34.2 Å². The second-order valence-corrected chi connectivity index (χ2v) is 7.79. The fourth-order valence-corrected chi connectivity index (χ4v) is 4.51. The third-order valence-electron chi connectivity index (χ3n) is 4.72. The fourth-order valence-electron chi connectivity index (χ4n) is 3.35. The number of aliphatic imine (C=N–C) groups is 1. The molecule has 0 saturated heterocycles. The lowest BCUT2D eigenvalue weighted by Crippen LogP contribution is -2.06. The Morgan fingerprint density at radius 1 is 1.04 bits per heavy atom. The number of hydrogen-bond donors (Lipinski definition) is 1. The van der Waals surface area contributed by atoms with Gasteiger partial charge in [0.1, 0.15) is 5.75 Å². The molecule has 0 saturated carbocycles. The number of nitrogens with zero attached hydrogens (tertiary/aromatic N) is 3. The van der Waals surface area contributed by atoms with E-state index in [1.54, 1.807) is 38.1 Å². The average Bonchev–Trinajstić information content (AvgIpc) is 3.03. The number of fused-ring (bicyclic) bond motifs is 1. The SMILES string of the molecule is COc1ccc(-n2nc(C)c3c2N=C(C)SC3c2ccc(OC)c(O)c2)cc1. The van der Waals surface area contributed by atoms with E-state index in [4.69, 9.17) is 19.6 Å². The number of methoxy groups -OCH3 is 2. The molecule has 1 atom stereocenters. The van der Waals surface area contributed by atoms with Crippen molar-refractivity contribution in [3.8, 4) is 22.9 Å². The van der Waals surface area contributed by atoms with E-state index >= 15 is 0 Å². The summed E-state index contributed by atoms with van der Waals surface area (Å²) in [7, 11) is 3.19. The molecule has 0 spiro atoms. The molecule has 1 aliphatic heterocycles. The number of aromatic nitrogens is 2. The maximum absolute atomic E-state index is 10.2. The molecule has 2 aromatic carbocycles. The van der Waals surface area contributed by atoms with Gasteiger partial charge in [0.25, 0.3) is 0 Å². The van der Waals surface area contributed by atoms with Crippen LogP contribution in [0, 0.1) is 6.92 Å². The molecule has 4 rings (SSSR count). The summed E-state index contributed by atoms with van der Waals surface area (Å²) in [6.45, 7) is 3.98. The Bertz CT molecular complexity index is 1060. The van der Waals surface area contributed by atoms with Crippen LogP contribution in [0.15, 0.2) is 47.5 Å². The Morgan fingerprint density at radius 2 is 1.79 bits per heavy atom. The minimum absolute atomic E-state index is 0.00342. The van der Waals surface area contributed by atoms with Gasteiger partial charge in [-0.25, -0.2) is 9.67 Å². The molecule has 0 bridgehead atoms. The summed E-state index contributed by atoms with van der Waals surface area (Å²) in [5, 5.41) is 15.9. The first kappa shape index (κ1) is 18.4. The molecule has 1 aromatic heterocycles. The molecule has 7 heteroatoms. The van der Waals surface area contributed by atoms with E-state index in [-0.39, 0.29) is 11.0 Å². The van der Waals surface area contributed by atoms with Gasteiger partial charge in [-0.05, 0) is 55.8 Å². The Labute approximate surface area is 167 Å². The third-order valence-corrected chi connectivity index (χ3v) is 5.89. The molecule has 1 aliphatic rings. The summed E-state index contributed by atoms with van der Waals surface area (Å²) in [4.78, 5) is 4.78. The van der Waals surface area contributed by atoms with E-state index in [1.807, 2.05) is 48.9 Å². The minimum atomic E-state index is -0.00342. The predicted molar refractivity (Wildman–Crippen MR) is 112 cm³/mol. The van der Waals surface area contributed by atoms with Crippen LogP contribution in [0.3, 0.4) is 0 Å². The number of phenolic OH excluding ortho intramolecular Hbond substituents is 1. The van der Waals surface area contributed by atoms with Crippen LogP contribution >= 0.6 is 11.8 Å². The Balaban J connectivity index is 1.83. The van der Waals surface area contributed by atoms with E-state index in [1.165, 1.54) is 0 Å². The summed E-state index contributed by atoms with van der Waals surface area (Å²) in [6.07, 6.45) is 0. The van der Waals surface area contributed by atoms with Crippen LogP contribution < -0.4 is 9.47 Å². The summed E-state index contributed by atoms with van der Waals surface area (Å²) >= 11 is 1.66. The second kappa shape index (κ2) is 7.24. The van der Waals surface area contributed by atoms with E-state index in [9.17, 15) is 5.11 Å². The van der Waals surface area contributed by atoms with Crippen molar-refractivity contribution in [3.63, 3.8) is 0 Å². The number of aryl methyl sites for hydroxylation is 1. The fraction of sp³-hybridized carbons (Fsp3) is 0.238. The molecular weight excluding hydrogens is 374 g/mol. The highest BCUT2D eigenvalue weighted by Crippen LogP contribution is 2.48. The maximum atomic E-state index is 10.2. The van der Waals surface area contributed by atoms with Crippen LogP contribution in [0.25, 0.3) is 5.69 Å². The number of benzene rings is 2. The van der Waals surface area contributed by atoms with E-state index in [0.717, 1.165) is 39.1 Å². The highest BCUT2D eigenvalue weighted by atomic mass is 32.2. The predicted octanol–water partition coefficient (Wildman–Crippen LogP) is 4.79. The Hall–Kier alpha value is -2.93. The lowest BCUT2D eigenvalue weighted by atomic mass is 10.0. The van der Waals surface area contributed by atoms with Crippen LogP contribution in [0.5, 0.6) is 17.2 Å². The van der Waals surface area contributed by atoms with Gasteiger partial charge in [-0.15, -0.1) is 0 Å². The number of hydrogen-bond acceptors (Lipinski definition) is 6. The number of phenols is 1. The van der Waals surface area contributed by atoms with Crippen molar-refractivity contribution >= 4 is 22.6 Å². The molecule has 1 N–H and O–H groups in total. The lowest BCUT2D eigenvalue weighted by Gasteiger charge is -2.22. The molecule has 1 unspecified atom stereocenters. The van der Waals surface area contributed by atoms with Crippen molar-refractivity contribution in [2.24, 2.45) is 4.99 Å². The van der Waals surface area contributed by atoms with Gasteiger partial charge >= 0.3 is 0 Å². The summed E-state index contributed by atoms with van der Waals surface area (Å²) in [5.74, 6) is 2.20. The van der Waals surface area contributed by atoms with Crippen LogP contribution in [0.4, 0.5) is 5.82 Å². The third kappa shape index (κ3) is 3.11. The van der Waals surface area contributed by atoms with E-state index in [0.29, 0.717) is 5.75 Å². The molecule has 3 aromatic rings. The Kier molecular flexibility index (Phi) is 4.77. The van der Waals surface area contributed by atoms with Gasteiger partial charge in [-0.1, -0.05) is 17.8 Å². The molecule has 0 amide bonds. The largest absolute Gasteiger partial charge is 0.504 e. The zero-order valence-corrected chi connectivity index (χ0v) is 16.9. The first-order valence-electron chi connectivity index (χ1n) is 8.84. The molecular formula is C21H21N3O3S. The normalized spacial score (nSPS) is 15.7. The number of rotatable bonds is 4. The molecule has 0 radical (unpaired) electrons. The van der Waals surface area contributed by atoms with Crippen LogP contribution in [0.2, 0.25) is 0 Å². The highest BCUT2D eigenvalue weighted by molar-refractivity contribution is 8.14. The van der Waals surface area contributed by atoms with E-state index in [2.05, 4.69) is 0 Å². The van der Waals surface area contributed by atoms with Crippen LogP contribution in [-0.2, 0) is 0 Å². The van der Waals surface area contributed by atoms with Gasteiger partial charge in [0.05, 0.1) is 35.9 Å². The van der Waals surface area contributed by atoms with Gasteiger partial charge < -0.3 is 14.6 Å². The second-order valence-electron chi connectivity index (χ2n) is 6.49. The van der Waals surface area contributed by atoms with Gasteiger partial charge in [-0.3, -0.25) is 0 Å². The van der Waals surface area contributed by atoms with Crippen molar-refractivity contribution in [2.75, 3.05) is 14.2 Å². The monoisotopic (exact) mass is 395 g/mol. The molecule has 6 nitrogen and oxygen atoms in total. The zero-order chi connectivity index (χ0) is 19.8. The first-order valence-corrected chi connectivity index (χ1v) is 9.72. The highest BCUT2D eigenvalue weighted by Gasteiger charge is 2.30. The minimum Gasteiger partial charge on any atom is -0.504 e. The van der Waals surface area contributed by atoms with Crippen molar-refractivity contribution in [2.45, 2.75) is 19.1 Å². The van der Waals surface area contributed by atoms with Crippen LogP contribution in [0.1, 0.15) is 29.0 Å². The van der Waals surface area contributed by atoms with E-state index < -0.39 is 0 Å². The molecule has 0 aliphatic carbocycles. The molecule has 0 fully saturated rings. The molecule has 2 heterocycles. The Morgan fingerprint density at radius 3 is 2.43 bits per heavy atom. The van der Waals surface area contributed by atoms with Crippen molar-refractivity contribution in [1.82, 2.24) is 9.78 Å². The quantitative estimate of drug-likeness (QED) is 0.688. The summed E-state index contributed by atoms with van der Waals surface area (Å²) < 4.78 is 12.3. The summed E-state index contributed by atoms with van der Waals surface area (Å²) in [5.41, 5.74) is 3.87. The average molecular weight is 395 g/mol. The standard InChI is InChI=1S/C21H21N3O3S/c1-12-19-20(14-5-10-18(27-4)17(25)11-14)28-13(2)22-21(19)24(23-12)15-6-8-16(26-3)9-7-15/h5-11,20,25H,1-4H3. The topological polar surface area (TPSA) is 68.9 Å². The van der Waals surface area contributed by atoms with Gasteiger partial charge in [0.15, 0.2) is 17.3 Å². The van der Waals surface area contributed by atoms with Gasteiger partial charge in [-0.2, -0.15) is 5.10 Å².